The third-order valence-electron chi connectivity index (χ3n) is 8.26. The van der Waals surface area contributed by atoms with E-state index < -0.39 is 14.3 Å². The van der Waals surface area contributed by atoms with Crippen LogP contribution >= 0.6 is 14.3 Å². The van der Waals surface area contributed by atoms with Crippen LogP contribution in [-0.2, 0) is 9.13 Å². The standard InChI is InChI=1S/C41H31NO2P2/c43-45(33-19-8-2-9-20-33,34-21-10-3-11-22-34)37-29-30-41(46(44,35-23-12-4-13-24-35)36-25-14-5-15-26-36)38(31-37)40-28-16-27-39(42-40)32-17-6-1-7-18-32/h1-31H. The van der Waals surface area contributed by atoms with E-state index in [1.165, 1.54) is 0 Å². The highest BCUT2D eigenvalue weighted by molar-refractivity contribution is 7.86. The Kier molecular flexibility index (Phi) is 8.20. The first-order valence-corrected chi connectivity index (χ1v) is 18.6. The average molecular weight is 632 g/mol. The molecule has 0 saturated carbocycles. The van der Waals surface area contributed by atoms with Gasteiger partial charge in [0.15, 0.2) is 14.3 Å². The summed E-state index contributed by atoms with van der Waals surface area (Å²) in [5.41, 5.74) is 3.14. The largest absolute Gasteiger partial charge is 0.309 e. The molecule has 7 aromatic rings. The second-order valence-corrected chi connectivity index (χ2v) is 16.5. The molecule has 46 heavy (non-hydrogen) atoms. The van der Waals surface area contributed by atoms with Crippen molar-refractivity contribution in [3.05, 3.63) is 188 Å². The molecule has 0 spiro atoms. The molecule has 0 bridgehead atoms. The third-order valence-corrected chi connectivity index (χ3v) is 14.4. The van der Waals surface area contributed by atoms with Gasteiger partial charge >= 0.3 is 0 Å². The zero-order valence-corrected chi connectivity index (χ0v) is 26.8. The molecule has 0 unspecified atom stereocenters. The Morgan fingerprint density at radius 1 is 0.348 bits per heavy atom. The van der Waals surface area contributed by atoms with Gasteiger partial charge in [-0.3, -0.25) is 0 Å². The zero-order chi connectivity index (χ0) is 31.4. The van der Waals surface area contributed by atoms with Crippen LogP contribution in [0.2, 0.25) is 0 Å². The van der Waals surface area contributed by atoms with Gasteiger partial charge < -0.3 is 9.13 Å². The molecule has 1 heterocycles. The molecule has 0 fully saturated rings. The lowest BCUT2D eigenvalue weighted by molar-refractivity contribution is 0.591. The highest BCUT2D eigenvalue weighted by Crippen LogP contribution is 2.47. The molecule has 1 aromatic heterocycles. The number of benzene rings is 6. The molecule has 0 amide bonds. The SMILES string of the molecule is O=P(c1ccccc1)(c1ccccc1)c1ccc(P(=O)(c2ccccc2)c2ccccc2)c(-c2cccc(-c3ccccc3)n2)c1. The van der Waals surface area contributed by atoms with E-state index in [4.69, 9.17) is 4.98 Å². The van der Waals surface area contributed by atoms with Gasteiger partial charge in [0, 0.05) is 43.0 Å². The number of rotatable bonds is 8. The van der Waals surface area contributed by atoms with Crippen molar-refractivity contribution in [2.45, 2.75) is 0 Å². The molecule has 5 heteroatoms. The van der Waals surface area contributed by atoms with E-state index in [0.717, 1.165) is 32.5 Å². The number of hydrogen-bond donors (Lipinski definition) is 0. The first kappa shape index (κ1) is 29.6. The Hall–Kier alpha value is -5.07. The molecule has 0 N–H and O–H groups in total. The van der Waals surface area contributed by atoms with Gasteiger partial charge in [-0.25, -0.2) is 4.98 Å². The van der Waals surface area contributed by atoms with Crippen molar-refractivity contribution in [3.63, 3.8) is 0 Å². The fraction of sp³-hybridized carbons (Fsp3) is 0. The molecule has 7 rings (SSSR count). The maximum absolute atomic E-state index is 15.8. The van der Waals surface area contributed by atoms with Crippen LogP contribution < -0.4 is 31.8 Å². The lowest BCUT2D eigenvalue weighted by Crippen LogP contribution is -2.30. The summed E-state index contributed by atoms with van der Waals surface area (Å²) >= 11 is 0. The van der Waals surface area contributed by atoms with Crippen LogP contribution in [0, 0.1) is 0 Å². The summed E-state index contributed by atoms with van der Waals surface area (Å²) in [6.45, 7) is 0. The fourth-order valence-corrected chi connectivity index (χ4v) is 11.5. The molecule has 0 radical (unpaired) electrons. The minimum atomic E-state index is -3.41. The lowest BCUT2D eigenvalue weighted by Gasteiger charge is -2.25. The average Bonchev–Trinajstić information content (AvgIpc) is 3.16. The predicted octanol–water partition coefficient (Wildman–Crippen LogP) is 7.69. The first-order chi connectivity index (χ1) is 22.6. The summed E-state index contributed by atoms with van der Waals surface area (Å²) in [5, 5.41) is 4.23. The second kappa shape index (κ2) is 12.7. The van der Waals surface area contributed by atoms with E-state index >= 15 is 9.13 Å². The molecule has 0 atom stereocenters. The summed E-state index contributed by atoms with van der Waals surface area (Å²) in [5.74, 6) is 0. The minimum absolute atomic E-state index is 0.652. The zero-order valence-electron chi connectivity index (χ0n) is 25.1. The van der Waals surface area contributed by atoms with Crippen molar-refractivity contribution in [2.75, 3.05) is 0 Å². The summed E-state index contributed by atoms with van der Waals surface area (Å²) in [6, 6.07) is 60.2. The van der Waals surface area contributed by atoms with Gasteiger partial charge in [-0.1, -0.05) is 164 Å². The number of hydrogen-bond acceptors (Lipinski definition) is 3. The van der Waals surface area contributed by atoms with E-state index in [-0.39, 0.29) is 0 Å². The lowest BCUT2D eigenvalue weighted by atomic mass is 10.1. The monoisotopic (exact) mass is 631 g/mol. The van der Waals surface area contributed by atoms with Crippen LogP contribution in [-0.4, -0.2) is 4.98 Å². The van der Waals surface area contributed by atoms with Crippen LogP contribution in [0.4, 0.5) is 0 Å². The van der Waals surface area contributed by atoms with Crippen LogP contribution in [0.15, 0.2) is 188 Å². The number of aromatic nitrogens is 1. The van der Waals surface area contributed by atoms with E-state index in [9.17, 15) is 0 Å². The van der Waals surface area contributed by atoms with Crippen LogP contribution in [0.5, 0.6) is 0 Å². The highest BCUT2D eigenvalue weighted by Gasteiger charge is 2.35. The Morgan fingerprint density at radius 2 is 0.761 bits per heavy atom. The van der Waals surface area contributed by atoms with E-state index in [1.54, 1.807) is 0 Å². The Bertz CT molecular complexity index is 2100. The molecule has 3 nitrogen and oxygen atoms in total. The third kappa shape index (κ3) is 5.39. The van der Waals surface area contributed by atoms with E-state index in [1.807, 2.05) is 188 Å². The van der Waals surface area contributed by atoms with Crippen LogP contribution in [0.1, 0.15) is 0 Å². The summed E-state index contributed by atoms with van der Waals surface area (Å²) in [4.78, 5) is 5.13. The van der Waals surface area contributed by atoms with Gasteiger partial charge in [-0.15, -0.1) is 0 Å². The van der Waals surface area contributed by atoms with E-state index in [0.29, 0.717) is 21.9 Å². The van der Waals surface area contributed by atoms with E-state index in [2.05, 4.69) is 0 Å². The van der Waals surface area contributed by atoms with Crippen molar-refractivity contribution >= 4 is 46.1 Å². The molecular weight excluding hydrogens is 600 g/mol. The van der Waals surface area contributed by atoms with Gasteiger partial charge in [0.25, 0.3) is 0 Å². The van der Waals surface area contributed by atoms with Crippen molar-refractivity contribution in [1.29, 1.82) is 0 Å². The molecule has 222 valence electrons. The first-order valence-electron chi connectivity index (χ1n) is 15.2. The Balaban J connectivity index is 1.55. The van der Waals surface area contributed by atoms with Gasteiger partial charge in [0.2, 0.25) is 0 Å². The van der Waals surface area contributed by atoms with Gasteiger partial charge in [0.1, 0.15) is 0 Å². The van der Waals surface area contributed by atoms with Crippen molar-refractivity contribution in [3.8, 4) is 22.5 Å². The smallest absolute Gasteiger partial charge is 0.171 e. The number of pyridine rings is 1. The van der Waals surface area contributed by atoms with Gasteiger partial charge in [-0.05, 0) is 24.3 Å². The molecule has 0 aliphatic rings. The summed E-state index contributed by atoms with van der Waals surface area (Å²) in [6.07, 6.45) is 0. The van der Waals surface area contributed by atoms with Crippen LogP contribution in [0.3, 0.4) is 0 Å². The van der Waals surface area contributed by atoms with Gasteiger partial charge in [-0.2, -0.15) is 0 Å². The minimum Gasteiger partial charge on any atom is -0.309 e. The number of nitrogens with zero attached hydrogens (tertiary/aromatic N) is 1. The second-order valence-electron chi connectivity index (χ2n) is 11.0. The topological polar surface area (TPSA) is 47.0 Å². The van der Waals surface area contributed by atoms with Crippen molar-refractivity contribution in [2.24, 2.45) is 0 Å². The molecule has 0 saturated heterocycles. The maximum atomic E-state index is 15.8. The van der Waals surface area contributed by atoms with Crippen LogP contribution in [0.25, 0.3) is 22.5 Å². The van der Waals surface area contributed by atoms with Crippen molar-refractivity contribution < 1.29 is 9.13 Å². The molecule has 0 aliphatic carbocycles. The normalized spacial score (nSPS) is 11.7. The Labute approximate surface area is 270 Å². The quantitative estimate of drug-likeness (QED) is 0.162. The van der Waals surface area contributed by atoms with Gasteiger partial charge in [0.05, 0.1) is 11.4 Å². The highest BCUT2D eigenvalue weighted by atomic mass is 31.2. The summed E-state index contributed by atoms with van der Waals surface area (Å²) < 4.78 is 31.3. The Morgan fingerprint density at radius 3 is 1.24 bits per heavy atom. The summed E-state index contributed by atoms with van der Waals surface area (Å²) in [7, 11) is -6.74. The maximum Gasteiger partial charge on any atom is 0.171 e. The fourth-order valence-electron chi connectivity index (χ4n) is 5.98. The molecule has 6 aromatic carbocycles. The van der Waals surface area contributed by atoms with Crippen molar-refractivity contribution in [1.82, 2.24) is 4.98 Å². The molecule has 0 aliphatic heterocycles. The predicted molar refractivity (Wildman–Crippen MR) is 194 cm³/mol. The molecular formula is C41H31NO2P2.